The molecule has 1 amide bonds. The quantitative estimate of drug-likeness (QED) is 0.822. The molecule has 2 rings (SSSR count). The summed E-state index contributed by atoms with van der Waals surface area (Å²) in [5, 5.41) is 11.8. The van der Waals surface area contributed by atoms with Crippen LogP contribution in [0.4, 0.5) is 0 Å². The number of hydrogen-bond donors (Lipinski definition) is 2. The standard InChI is InChI=1S/C15H18BrNO4/c1-2-3-4-12(15(19)20)17-14(18)11-8-21-13-6-5-9(16)7-10(11)13/h5-7,11-12H,2-4,8H2,1H3,(H,17,18)(H,19,20). The molecule has 21 heavy (non-hydrogen) atoms. The number of hydrogen-bond acceptors (Lipinski definition) is 3. The average molecular weight is 356 g/mol. The van der Waals surface area contributed by atoms with Crippen molar-refractivity contribution in [2.45, 2.75) is 38.1 Å². The molecule has 0 fully saturated rings. The molecule has 1 aromatic rings. The van der Waals surface area contributed by atoms with Gasteiger partial charge in [0.25, 0.3) is 0 Å². The van der Waals surface area contributed by atoms with Crippen molar-refractivity contribution in [3.63, 3.8) is 0 Å². The molecule has 6 heteroatoms. The van der Waals surface area contributed by atoms with Crippen LogP contribution in [-0.2, 0) is 9.59 Å². The van der Waals surface area contributed by atoms with E-state index in [9.17, 15) is 14.7 Å². The summed E-state index contributed by atoms with van der Waals surface area (Å²) in [5.74, 6) is -1.07. The normalized spacial score (nSPS) is 17.7. The van der Waals surface area contributed by atoms with Gasteiger partial charge in [-0.2, -0.15) is 0 Å². The topological polar surface area (TPSA) is 75.6 Å². The summed E-state index contributed by atoms with van der Waals surface area (Å²) in [6.07, 6.45) is 2.10. The maximum absolute atomic E-state index is 12.3. The van der Waals surface area contributed by atoms with E-state index >= 15 is 0 Å². The molecule has 0 saturated carbocycles. The minimum atomic E-state index is -0.995. The van der Waals surface area contributed by atoms with Crippen LogP contribution in [0.5, 0.6) is 5.75 Å². The molecule has 0 saturated heterocycles. The Morgan fingerprint density at radius 3 is 2.95 bits per heavy atom. The molecule has 2 unspecified atom stereocenters. The summed E-state index contributed by atoms with van der Waals surface area (Å²) in [7, 11) is 0. The Morgan fingerprint density at radius 2 is 2.29 bits per heavy atom. The van der Waals surface area contributed by atoms with Crippen LogP contribution in [0.25, 0.3) is 0 Å². The first-order valence-electron chi connectivity index (χ1n) is 6.98. The van der Waals surface area contributed by atoms with Crippen molar-refractivity contribution in [2.75, 3.05) is 6.61 Å². The van der Waals surface area contributed by atoms with Crippen LogP contribution in [0.15, 0.2) is 22.7 Å². The molecular formula is C15H18BrNO4. The van der Waals surface area contributed by atoms with Crippen molar-refractivity contribution in [3.8, 4) is 5.75 Å². The van der Waals surface area contributed by atoms with Gasteiger partial charge in [0, 0.05) is 10.0 Å². The maximum Gasteiger partial charge on any atom is 0.326 e. The molecule has 0 radical (unpaired) electrons. The van der Waals surface area contributed by atoms with E-state index in [1.165, 1.54) is 0 Å². The minimum Gasteiger partial charge on any atom is -0.492 e. The van der Waals surface area contributed by atoms with Gasteiger partial charge in [-0.05, 0) is 24.6 Å². The second-order valence-corrected chi connectivity index (χ2v) is 6.00. The fourth-order valence-corrected chi connectivity index (χ4v) is 2.72. The van der Waals surface area contributed by atoms with E-state index in [1.807, 2.05) is 19.1 Å². The predicted octanol–water partition coefficient (Wildman–Crippen LogP) is 2.68. The molecule has 0 aromatic heterocycles. The number of rotatable bonds is 6. The summed E-state index contributed by atoms with van der Waals surface area (Å²) in [5.41, 5.74) is 0.793. The zero-order valence-electron chi connectivity index (χ0n) is 11.8. The van der Waals surface area contributed by atoms with Crippen LogP contribution >= 0.6 is 15.9 Å². The third-order valence-electron chi connectivity index (χ3n) is 3.53. The van der Waals surface area contributed by atoms with Crippen LogP contribution in [0, 0.1) is 0 Å². The van der Waals surface area contributed by atoms with Crippen molar-refractivity contribution in [1.29, 1.82) is 0 Å². The molecule has 2 N–H and O–H groups in total. The number of aliphatic carboxylic acids is 1. The van der Waals surface area contributed by atoms with Gasteiger partial charge in [0.1, 0.15) is 24.3 Å². The fraction of sp³-hybridized carbons (Fsp3) is 0.467. The third-order valence-corrected chi connectivity index (χ3v) is 4.02. The Bertz CT molecular complexity index is 546. The Balaban J connectivity index is 2.08. The fourth-order valence-electron chi connectivity index (χ4n) is 2.34. The number of carboxylic acids is 1. The van der Waals surface area contributed by atoms with E-state index in [1.54, 1.807) is 6.07 Å². The molecule has 2 atom stereocenters. The first-order chi connectivity index (χ1) is 10.0. The zero-order valence-corrected chi connectivity index (χ0v) is 13.4. The lowest BCUT2D eigenvalue weighted by molar-refractivity contribution is -0.142. The molecule has 0 aliphatic carbocycles. The van der Waals surface area contributed by atoms with E-state index in [0.717, 1.165) is 22.9 Å². The van der Waals surface area contributed by atoms with E-state index in [0.29, 0.717) is 12.2 Å². The van der Waals surface area contributed by atoms with Crippen molar-refractivity contribution in [3.05, 3.63) is 28.2 Å². The van der Waals surface area contributed by atoms with Gasteiger partial charge < -0.3 is 15.2 Å². The highest BCUT2D eigenvalue weighted by atomic mass is 79.9. The number of halogens is 1. The SMILES string of the molecule is CCCCC(NC(=O)C1COc2ccc(Br)cc21)C(=O)O. The second kappa shape index (κ2) is 6.93. The molecule has 1 aliphatic heterocycles. The molecule has 1 aliphatic rings. The van der Waals surface area contributed by atoms with Crippen LogP contribution < -0.4 is 10.1 Å². The van der Waals surface area contributed by atoms with Crippen LogP contribution in [0.3, 0.4) is 0 Å². The summed E-state index contributed by atoms with van der Waals surface area (Å²) < 4.78 is 6.35. The van der Waals surface area contributed by atoms with Crippen LogP contribution in [0.1, 0.15) is 37.7 Å². The number of amides is 1. The van der Waals surface area contributed by atoms with Gasteiger partial charge in [-0.3, -0.25) is 4.79 Å². The Hall–Kier alpha value is -1.56. The van der Waals surface area contributed by atoms with Gasteiger partial charge in [0.2, 0.25) is 5.91 Å². The molecule has 5 nitrogen and oxygen atoms in total. The number of unbranched alkanes of at least 4 members (excludes halogenated alkanes) is 1. The van der Waals surface area contributed by atoms with Crippen molar-refractivity contribution in [2.24, 2.45) is 0 Å². The van der Waals surface area contributed by atoms with Gasteiger partial charge >= 0.3 is 5.97 Å². The number of benzene rings is 1. The second-order valence-electron chi connectivity index (χ2n) is 5.09. The summed E-state index contributed by atoms with van der Waals surface area (Å²) >= 11 is 3.37. The minimum absolute atomic E-state index is 0.248. The first kappa shape index (κ1) is 15.8. The smallest absolute Gasteiger partial charge is 0.326 e. The number of nitrogens with one attached hydrogen (secondary N) is 1. The summed E-state index contributed by atoms with van der Waals surface area (Å²) in [4.78, 5) is 23.5. The molecular weight excluding hydrogens is 338 g/mol. The molecule has 1 aromatic carbocycles. The van der Waals surface area contributed by atoms with Gasteiger partial charge in [-0.1, -0.05) is 35.7 Å². The Labute approximate surface area is 131 Å². The number of ether oxygens (including phenoxy) is 1. The van der Waals surface area contributed by atoms with Gasteiger partial charge in [-0.15, -0.1) is 0 Å². The van der Waals surface area contributed by atoms with E-state index < -0.39 is 17.9 Å². The van der Waals surface area contributed by atoms with E-state index in [4.69, 9.17) is 4.74 Å². The van der Waals surface area contributed by atoms with E-state index in [2.05, 4.69) is 21.2 Å². The van der Waals surface area contributed by atoms with Crippen molar-refractivity contribution in [1.82, 2.24) is 5.32 Å². The molecule has 1 heterocycles. The lowest BCUT2D eigenvalue weighted by atomic mass is 9.99. The van der Waals surface area contributed by atoms with Gasteiger partial charge in [-0.25, -0.2) is 4.79 Å². The maximum atomic E-state index is 12.3. The van der Waals surface area contributed by atoms with Crippen LogP contribution in [-0.4, -0.2) is 29.6 Å². The zero-order chi connectivity index (χ0) is 15.4. The molecule has 0 spiro atoms. The highest BCUT2D eigenvalue weighted by Gasteiger charge is 2.32. The Morgan fingerprint density at radius 1 is 1.52 bits per heavy atom. The van der Waals surface area contributed by atoms with Crippen molar-refractivity contribution >= 4 is 27.8 Å². The number of carboxylic acid groups (broad SMARTS) is 1. The summed E-state index contributed by atoms with van der Waals surface area (Å²) in [6.45, 7) is 2.23. The first-order valence-corrected chi connectivity index (χ1v) is 7.77. The number of fused-ring (bicyclic) bond motifs is 1. The monoisotopic (exact) mass is 355 g/mol. The molecule has 114 valence electrons. The van der Waals surface area contributed by atoms with E-state index in [-0.39, 0.29) is 12.5 Å². The Kier molecular flexibility index (Phi) is 5.22. The number of carbonyl (C=O) groups excluding carboxylic acids is 1. The highest BCUT2D eigenvalue weighted by molar-refractivity contribution is 9.10. The van der Waals surface area contributed by atoms with Crippen LogP contribution in [0.2, 0.25) is 0 Å². The van der Waals surface area contributed by atoms with Crippen molar-refractivity contribution < 1.29 is 19.4 Å². The van der Waals surface area contributed by atoms with Gasteiger partial charge in [0.15, 0.2) is 0 Å². The molecule has 0 bridgehead atoms. The lowest BCUT2D eigenvalue weighted by Gasteiger charge is -2.16. The largest absolute Gasteiger partial charge is 0.492 e. The third kappa shape index (κ3) is 3.75. The highest BCUT2D eigenvalue weighted by Crippen LogP contribution is 2.36. The predicted molar refractivity (Wildman–Crippen MR) is 81.5 cm³/mol. The average Bonchev–Trinajstić information content (AvgIpc) is 2.85. The summed E-state index contributed by atoms with van der Waals surface area (Å²) in [6, 6.07) is 4.65. The lowest BCUT2D eigenvalue weighted by Crippen LogP contribution is -2.43. The number of carbonyl (C=O) groups is 2. The van der Waals surface area contributed by atoms with Gasteiger partial charge in [0.05, 0.1) is 0 Å².